The molecule has 1 aromatic carbocycles. The van der Waals surface area contributed by atoms with Crippen LogP contribution in [0.3, 0.4) is 0 Å². The van der Waals surface area contributed by atoms with E-state index >= 15 is 0 Å². The van der Waals surface area contributed by atoms with Crippen molar-refractivity contribution in [1.29, 1.82) is 5.26 Å². The third kappa shape index (κ3) is 5.07. The Morgan fingerprint density at radius 2 is 1.94 bits per heavy atom. The molecule has 3 aromatic rings. The quantitative estimate of drug-likeness (QED) is 0.229. The maximum Gasteiger partial charge on any atom is 0.271 e. The van der Waals surface area contributed by atoms with Crippen molar-refractivity contribution >= 4 is 39.3 Å². The average Bonchev–Trinajstić information content (AvgIpc) is 3.42. The standard InChI is InChI=1S/C24H25N7O3S/c1-15-7-8-20(31(33)34)13-21(15)30-16(2)11-18(17(30)3)12-19(14-25)22(32)26-23-27-28-24(35-23)29-9-5-4-6-10-29/h7-8,11-13H,4-6,9-10H2,1-3H3,(H,26,27,32)/b19-12-. The van der Waals surface area contributed by atoms with Crippen molar-refractivity contribution in [2.24, 2.45) is 0 Å². The van der Waals surface area contributed by atoms with Crippen LogP contribution in [-0.2, 0) is 4.79 Å². The second-order valence-corrected chi connectivity index (χ2v) is 9.41. The van der Waals surface area contributed by atoms with Crippen molar-refractivity contribution in [3.05, 3.63) is 62.5 Å². The Balaban J connectivity index is 1.59. The summed E-state index contributed by atoms with van der Waals surface area (Å²) in [7, 11) is 0. The highest BCUT2D eigenvalue weighted by atomic mass is 32.1. The Morgan fingerprint density at radius 1 is 1.20 bits per heavy atom. The van der Waals surface area contributed by atoms with Gasteiger partial charge in [0.15, 0.2) is 0 Å². The number of nitro benzene ring substituents is 1. The first kappa shape index (κ1) is 24.1. The molecule has 2 aromatic heterocycles. The molecule has 0 aliphatic carbocycles. The lowest BCUT2D eigenvalue weighted by Crippen LogP contribution is -2.29. The zero-order valence-electron chi connectivity index (χ0n) is 19.7. The van der Waals surface area contributed by atoms with Gasteiger partial charge in [-0.25, -0.2) is 0 Å². The van der Waals surface area contributed by atoms with Crippen LogP contribution in [0.1, 0.15) is 41.8 Å². The molecular weight excluding hydrogens is 466 g/mol. The number of anilines is 2. The SMILES string of the molecule is Cc1ccc([N+](=O)[O-])cc1-n1c(C)cc(/C=C(/C#N)C(=O)Nc2nnc(N3CCCCC3)s2)c1C. The first-order valence-electron chi connectivity index (χ1n) is 11.2. The van der Waals surface area contributed by atoms with Crippen molar-refractivity contribution in [3.8, 4) is 11.8 Å². The number of benzene rings is 1. The van der Waals surface area contributed by atoms with E-state index in [0.29, 0.717) is 16.4 Å². The lowest BCUT2D eigenvalue weighted by Gasteiger charge is -2.25. The van der Waals surface area contributed by atoms with Gasteiger partial charge < -0.3 is 9.47 Å². The molecule has 1 aliphatic rings. The van der Waals surface area contributed by atoms with Gasteiger partial charge in [-0.1, -0.05) is 17.4 Å². The molecule has 1 fully saturated rings. The Morgan fingerprint density at radius 3 is 2.63 bits per heavy atom. The van der Waals surface area contributed by atoms with Gasteiger partial charge in [0.1, 0.15) is 11.6 Å². The van der Waals surface area contributed by atoms with Crippen LogP contribution in [0.4, 0.5) is 16.0 Å². The number of hydrogen-bond acceptors (Lipinski definition) is 8. The lowest BCUT2D eigenvalue weighted by atomic mass is 10.1. The third-order valence-electron chi connectivity index (χ3n) is 6.04. The average molecular weight is 492 g/mol. The van der Waals surface area contributed by atoms with Crippen LogP contribution in [0.2, 0.25) is 0 Å². The van der Waals surface area contributed by atoms with E-state index in [0.717, 1.165) is 48.0 Å². The molecule has 180 valence electrons. The minimum Gasteiger partial charge on any atom is -0.347 e. The van der Waals surface area contributed by atoms with Crippen LogP contribution in [-0.4, -0.2) is 38.7 Å². The molecule has 0 radical (unpaired) electrons. The number of hydrogen-bond donors (Lipinski definition) is 1. The number of nitrogens with zero attached hydrogens (tertiary/aromatic N) is 6. The highest BCUT2D eigenvalue weighted by molar-refractivity contribution is 7.19. The number of aryl methyl sites for hydroxylation is 2. The van der Waals surface area contributed by atoms with Gasteiger partial charge >= 0.3 is 0 Å². The van der Waals surface area contributed by atoms with Crippen LogP contribution >= 0.6 is 11.3 Å². The molecule has 3 heterocycles. The van der Waals surface area contributed by atoms with E-state index < -0.39 is 10.8 Å². The van der Waals surface area contributed by atoms with Gasteiger partial charge in [-0.3, -0.25) is 20.2 Å². The van der Waals surface area contributed by atoms with Crippen LogP contribution in [0.5, 0.6) is 0 Å². The van der Waals surface area contributed by atoms with E-state index in [1.165, 1.54) is 36.0 Å². The largest absolute Gasteiger partial charge is 0.347 e. The molecule has 1 aliphatic heterocycles. The van der Waals surface area contributed by atoms with Gasteiger partial charge in [-0.05, 0) is 63.3 Å². The molecule has 1 amide bonds. The zero-order valence-corrected chi connectivity index (χ0v) is 20.6. The Hall–Kier alpha value is -4.04. The number of amides is 1. The topological polar surface area (TPSA) is 130 Å². The third-order valence-corrected chi connectivity index (χ3v) is 6.94. The van der Waals surface area contributed by atoms with E-state index in [9.17, 15) is 20.2 Å². The molecule has 1 N–H and O–H groups in total. The van der Waals surface area contributed by atoms with Crippen LogP contribution in [0, 0.1) is 42.2 Å². The van der Waals surface area contributed by atoms with E-state index in [-0.39, 0.29) is 11.3 Å². The summed E-state index contributed by atoms with van der Waals surface area (Å²) in [5, 5.41) is 33.0. The minimum absolute atomic E-state index is 0.00624. The summed E-state index contributed by atoms with van der Waals surface area (Å²) in [6.45, 7) is 7.44. The van der Waals surface area contributed by atoms with Gasteiger partial charge in [0.2, 0.25) is 10.3 Å². The monoisotopic (exact) mass is 491 g/mol. The van der Waals surface area contributed by atoms with Crippen LogP contribution in [0.15, 0.2) is 29.8 Å². The predicted molar refractivity (Wildman–Crippen MR) is 135 cm³/mol. The fourth-order valence-electron chi connectivity index (χ4n) is 4.20. The summed E-state index contributed by atoms with van der Waals surface area (Å²) in [6, 6.07) is 8.51. The molecule has 0 spiro atoms. The Labute approximate surface area is 206 Å². The number of nitriles is 1. The molecule has 0 bridgehead atoms. The molecule has 0 saturated carbocycles. The van der Waals surface area contributed by atoms with Crippen molar-refractivity contribution in [3.63, 3.8) is 0 Å². The lowest BCUT2D eigenvalue weighted by molar-refractivity contribution is -0.384. The van der Waals surface area contributed by atoms with Crippen molar-refractivity contribution in [2.75, 3.05) is 23.3 Å². The molecule has 0 atom stereocenters. The Kier molecular flexibility index (Phi) is 6.93. The van der Waals surface area contributed by atoms with Crippen molar-refractivity contribution in [1.82, 2.24) is 14.8 Å². The summed E-state index contributed by atoms with van der Waals surface area (Å²) >= 11 is 1.29. The van der Waals surface area contributed by atoms with Crippen LogP contribution < -0.4 is 10.2 Å². The molecular formula is C24H25N7O3S. The molecule has 10 nitrogen and oxygen atoms in total. The number of nitrogens with one attached hydrogen (secondary N) is 1. The number of aromatic nitrogens is 3. The zero-order chi connectivity index (χ0) is 25.1. The van der Waals surface area contributed by atoms with E-state index in [1.54, 1.807) is 6.07 Å². The first-order chi connectivity index (χ1) is 16.8. The van der Waals surface area contributed by atoms with Crippen molar-refractivity contribution < 1.29 is 9.72 Å². The van der Waals surface area contributed by atoms with Crippen molar-refractivity contribution in [2.45, 2.75) is 40.0 Å². The summed E-state index contributed by atoms with van der Waals surface area (Å²) < 4.78 is 1.89. The maximum atomic E-state index is 12.8. The van der Waals surface area contributed by atoms with Gasteiger partial charge in [0, 0.05) is 36.6 Å². The summed E-state index contributed by atoms with van der Waals surface area (Å²) in [4.78, 5) is 25.8. The summed E-state index contributed by atoms with van der Waals surface area (Å²) in [6.07, 6.45) is 4.94. The molecule has 4 rings (SSSR count). The number of carbonyl (C=O) groups excluding carboxylic acids is 1. The second-order valence-electron chi connectivity index (χ2n) is 8.45. The highest BCUT2D eigenvalue weighted by Gasteiger charge is 2.19. The second kappa shape index (κ2) is 10.1. The molecule has 11 heteroatoms. The summed E-state index contributed by atoms with van der Waals surface area (Å²) in [5.41, 5.74) is 3.72. The molecule has 35 heavy (non-hydrogen) atoms. The van der Waals surface area contributed by atoms with Crippen LogP contribution in [0.25, 0.3) is 11.8 Å². The van der Waals surface area contributed by atoms with Gasteiger partial charge in [0.05, 0.1) is 10.6 Å². The fourth-order valence-corrected chi connectivity index (χ4v) is 5.00. The van der Waals surface area contributed by atoms with E-state index in [1.807, 2.05) is 37.5 Å². The molecule has 1 saturated heterocycles. The Bertz CT molecular complexity index is 1360. The number of carbonyl (C=O) groups is 1. The first-order valence-corrected chi connectivity index (χ1v) is 12.1. The number of nitro groups is 1. The predicted octanol–water partition coefficient (Wildman–Crippen LogP) is 4.70. The van der Waals surface area contributed by atoms with Gasteiger partial charge in [0.25, 0.3) is 11.6 Å². The number of non-ortho nitro benzene ring substituents is 1. The number of rotatable bonds is 6. The van der Waals surface area contributed by atoms with Gasteiger partial charge in [-0.15, -0.1) is 10.2 Å². The van der Waals surface area contributed by atoms with Gasteiger partial charge in [-0.2, -0.15) is 5.26 Å². The van der Waals surface area contributed by atoms with E-state index in [4.69, 9.17) is 0 Å². The van der Waals surface area contributed by atoms with E-state index in [2.05, 4.69) is 20.4 Å². The summed E-state index contributed by atoms with van der Waals surface area (Å²) in [5.74, 6) is -0.565. The smallest absolute Gasteiger partial charge is 0.271 e. The normalized spacial score (nSPS) is 14.0. The number of piperidine rings is 1. The molecule has 0 unspecified atom stereocenters. The fraction of sp³-hybridized carbons (Fsp3) is 0.333. The highest BCUT2D eigenvalue weighted by Crippen LogP contribution is 2.29. The minimum atomic E-state index is -0.565. The maximum absolute atomic E-state index is 12.8.